The van der Waals surface area contributed by atoms with Crippen LogP contribution in [-0.2, 0) is 0 Å². The van der Waals surface area contributed by atoms with Gasteiger partial charge < -0.3 is 15.1 Å². The molecular weight excluding hydrogens is 382 g/mol. The van der Waals surface area contributed by atoms with Gasteiger partial charge in [0, 0.05) is 0 Å². The average Bonchev–Trinajstić information content (AvgIpc) is 2.58. The molecule has 0 unspecified atom stereocenters. The van der Waals surface area contributed by atoms with Crippen molar-refractivity contribution in [1.82, 2.24) is 0 Å². The molecule has 3 saturated carbocycles. The van der Waals surface area contributed by atoms with Gasteiger partial charge in [0.1, 0.15) is 0 Å². The van der Waals surface area contributed by atoms with Gasteiger partial charge in [-0.15, -0.1) is 0 Å². The molecule has 27 heavy (non-hydrogen) atoms. The van der Waals surface area contributed by atoms with Crippen LogP contribution in [0.4, 0.5) is 18.8 Å². The first-order valence-electron chi connectivity index (χ1n) is 10.00. The highest BCUT2D eigenvalue weighted by Crippen LogP contribution is 2.61. The van der Waals surface area contributed by atoms with Gasteiger partial charge in [0.2, 0.25) is 0 Å². The fraction of sp³-hybridized carbons (Fsp3) is 1.00. The van der Waals surface area contributed by atoms with Crippen molar-refractivity contribution in [2.75, 3.05) is 0 Å². The molecule has 0 amide bonds. The molecule has 0 aromatic carbocycles. The molecule has 0 bridgehead atoms. The number of hydrogen-bond donors (Lipinski definition) is 3. The van der Waals surface area contributed by atoms with Crippen LogP contribution < -0.4 is 0 Å². The third kappa shape index (κ3) is 11.6. The molecule has 0 radical (unpaired) electrons. The second-order valence-electron chi connectivity index (χ2n) is 7.67. The SMILES string of the molecule is C1CCC(P(C2CCCCC2)C2CCCCC2)CC1.F.F.F.F.OB(O)O. The Labute approximate surface area is 163 Å². The molecule has 166 valence electrons. The molecule has 3 aliphatic carbocycles. The maximum Gasteiger partial charge on any atom is 0.631 e. The summed E-state index contributed by atoms with van der Waals surface area (Å²) in [6, 6.07) is 0. The summed E-state index contributed by atoms with van der Waals surface area (Å²) >= 11 is 0. The predicted molar refractivity (Wildman–Crippen MR) is 110 cm³/mol. The predicted octanol–water partition coefficient (Wildman–Crippen LogP) is 5.02. The molecule has 0 heterocycles. The van der Waals surface area contributed by atoms with Crippen LogP contribution in [0.2, 0.25) is 0 Å². The van der Waals surface area contributed by atoms with E-state index in [1.165, 1.54) is 36.2 Å². The Balaban J connectivity index is -0.000000661. The highest BCUT2D eigenvalue weighted by molar-refractivity contribution is 7.60. The van der Waals surface area contributed by atoms with Crippen molar-refractivity contribution in [2.24, 2.45) is 0 Å². The van der Waals surface area contributed by atoms with Crippen LogP contribution in [0.3, 0.4) is 0 Å². The Hall–Kier alpha value is 0.0949. The van der Waals surface area contributed by atoms with Crippen LogP contribution >= 0.6 is 7.92 Å². The van der Waals surface area contributed by atoms with Gasteiger partial charge in [0.15, 0.2) is 0 Å². The summed E-state index contributed by atoms with van der Waals surface area (Å²) in [7, 11) is -1.78. The second-order valence-corrected chi connectivity index (χ2v) is 10.8. The van der Waals surface area contributed by atoms with Crippen molar-refractivity contribution in [3.63, 3.8) is 0 Å². The lowest BCUT2D eigenvalue weighted by Gasteiger charge is -2.44. The minimum atomic E-state index is -2.17. The normalized spacial score (nSPS) is 21.3. The summed E-state index contributed by atoms with van der Waals surface area (Å²) in [5, 5.41) is 21.5. The quantitative estimate of drug-likeness (QED) is 0.340. The summed E-state index contributed by atoms with van der Waals surface area (Å²) in [6.45, 7) is 0. The van der Waals surface area contributed by atoms with Crippen LogP contribution in [0.5, 0.6) is 0 Å². The maximum atomic E-state index is 7.17. The molecule has 0 aromatic heterocycles. The minimum absolute atomic E-state index is 0. The molecule has 3 nitrogen and oxygen atoms in total. The van der Waals surface area contributed by atoms with Gasteiger partial charge in [-0.05, 0) is 55.5 Å². The first-order chi connectivity index (χ1) is 11.2. The first kappa shape index (κ1) is 31.8. The van der Waals surface area contributed by atoms with Crippen molar-refractivity contribution in [2.45, 2.75) is 113 Å². The fourth-order valence-corrected chi connectivity index (χ4v) is 9.71. The van der Waals surface area contributed by atoms with E-state index in [0.29, 0.717) is 7.92 Å². The molecule has 9 heteroatoms. The molecule has 3 N–H and O–H groups in total. The van der Waals surface area contributed by atoms with Crippen molar-refractivity contribution in [1.29, 1.82) is 0 Å². The van der Waals surface area contributed by atoms with Crippen LogP contribution in [0.1, 0.15) is 96.3 Å². The summed E-state index contributed by atoms with van der Waals surface area (Å²) in [6.07, 6.45) is 23.6. The largest absolute Gasteiger partial charge is 0.631 e. The zero-order valence-electron chi connectivity index (χ0n) is 16.3. The van der Waals surface area contributed by atoms with Crippen LogP contribution in [0.25, 0.3) is 0 Å². The summed E-state index contributed by atoms with van der Waals surface area (Å²) in [5.74, 6) is 0. The Morgan fingerprint density at radius 1 is 0.444 bits per heavy atom. The van der Waals surface area contributed by atoms with E-state index in [1.807, 2.05) is 0 Å². The van der Waals surface area contributed by atoms with Crippen molar-refractivity contribution in [3.05, 3.63) is 0 Å². The van der Waals surface area contributed by atoms with Gasteiger partial charge in [-0.25, -0.2) is 0 Å². The summed E-state index contributed by atoms with van der Waals surface area (Å²) in [4.78, 5) is 0. The second kappa shape index (κ2) is 18.1. The molecule has 3 rings (SSSR count). The van der Waals surface area contributed by atoms with Gasteiger partial charge >= 0.3 is 7.32 Å². The smallest absolute Gasteiger partial charge is 0.402 e. The molecule has 0 spiro atoms. The third-order valence-corrected chi connectivity index (χ3v) is 10.1. The summed E-state index contributed by atoms with van der Waals surface area (Å²) in [5.41, 5.74) is 3.57. The van der Waals surface area contributed by atoms with Crippen molar-refractivity contribution in [3.8, 4) is 0 Å². The van der Waals surface area contributed by atoms with E-state index < -0.39 is 7.32 Å². The molecule has 0 aromatic rings. The fourth-order valence-electron chi connectivity index (χ4n) is 5.03. The zero-order chi connectivity index (χ0) is 16.5. The third-order valence-electron chi connectivity index (χ3n) is 5.99. The van der Waals surface area contributed by atoms with Crippen LogP contribution in [0.15, 0.2) is 0 Å². The Morgan fingerprint density at radius 2 is 0.630 bits per heavy atom. The minimum Gasteiger partial charge on any atom is -0.402 e. The Kier molecular flexibility index (Phi) is 21.4. The van der Waals surface area contributed by atoms with E-state index in [2.05, 4.69) is 0 Å². The van der Waals surface area contributed by atoms with Gasteiger partial charge in [-0.3, -0.25) is 18.8 Å². The van der Waals surface area contributed by atoms with E-state index in [0.717, 1.165) is 0 Å². The molecule has 3 fully saturated rings. The zero-order valence-corrected chi connectivity index (χ0v) is 17.2. The van der Waals surface area contributed by atoms with Crippen LogP contribution in [0, 0.1) is 0 Å². The standard InChI is InChI=1S/C18H33P.BH3O3.4FH/c1-4-10-16(11-5-1)19(17-12-6-2-7-13-17)18-14-8-3-9-15-18;2-1(3)4;;;;/h16-18H,1-15H2;2-4H;4*1H. The van der Waals surface area contributed by atoms with E-state index in [4.69, 9.17) is 15.1 Å². The summed E-state index contributed by atoms with van der Waals surface area (Å²) < 4.78 is 0. The number of halogens is 4. The lowest BCUT2D eigenvalue weighted by molar-refractivity contribution is 0.278. The molecule has 0 atom stereocenters. The number of rotatable bonds is 3. The Bertz CT molecular complexity index is 269. The van der Waals surface area contributed by atoms with Crippen molar-refractivity contribution < 1.29 is 33.9 Å². The first-order valence-corrected chi connectivity index (χ1v) is 11.5. The van der Waals surface area contributed by atoms with Gasteiger partial charge in [0.05, 0.1) is 0 Å². The van der Waals surface area contributed by atoms with E-state index in [9.17, 15) is 0 Å². The van der Waals surface area contributed by atoms with E-state index in [1.54, 1.807) is 77.0 Å². The topological polar surface area (TPSA) is 60.7 Å². The Morgan fingerprint density at radius 3 is 0.815 bits per heavy atom. The average molecular weight is 422 g/mol. The maximum absolute atomic E-state index is 7.17. The van der Waals surface area contributed by atoms with E-state index >= 15 is 0 Å². The molecular formula is C18H40BF4O3P. The molecule has 0 aliphatic heterocycles. The van der Waals surface area contributed by atoms with Gasteiger partial charge in [-0.1, -0.05) is 65.7 Å². The number of hydrogen-bond acceptors (Lipinski definition) is 3. The van der Waals surface area contributed by atoms with Gasteiger partial charge in [0.25, 0.3) is 0 Å². The lowest BCUT2D eigenvalue weighted by Crippen LogP contribution is -2.28. The van der Waals surface area contributed by atoms with Crippen LogP contribution in [-0.4, -0.2) is 39.4 Å². The molecule has 0 saturated heterocycles. The highest BCUT2D eigenvalue weighted by atomic mass is 31.1. The highest BCUT2D eigenvalue weighted by Gasteiger charge is 2.36. The molecule has 3 aliphatic rings. The monoisotopic (exact) mass is 422 g/mol. The lowest BCUT2D eigenvalue weighted by atomic mass is 9.99. The van der Waals surface area contributed by atoms with Crippen molar-refractivity contribution >= 4 is 15.2 Å². The van der Waals surface area contributed by atoms with E-state index in [-0.39, 0.29) is 18.8 Å². The van der Waals surface area contributed by atoms with Gasteiger partial charge in [-0.2, -0.15) is 0 Å².